The average Bonchev–Trinajstić information content (AvgIpc) is 3.56. The number of benzene rings is 2. The van der Waals surface area contributed by atoms with Crippen LogP contribution in [0.1, 0.15) is 27.2 Å². The summed E-state index contributed by atoms with van der Waals surface area (Å²) in [6, 6.07) is 8.22. The smallest absolute Gasteiger partial charge is 0.245 e. The molecule has 210 valence electrons. The number of fused-ring (bicyclic) bond motifs is 1. The molecule has 40 heavy (non-hydrogen) atoms. The van der Waals surface area contributed by atoms with Crippen LogP contribution in [0.5, 0.6) is 11.6 Å². The van der Waals surface area contributed by atoms with Gasteiger partial charge in [0.05, 0.1) is 25.5 Å². The average molecular weight is 587 g/mol. The van der Waals surface area contributed by atoms with Gasteiger partial charge in [-0.05, 0) is 35.7 Å². The molecule has 4 aromatic rings. The van der Waals surface area contributed by atoms with E-state index in [2.05, 4.69) is 15.3 Å². The number of anilines is 1. The van der Waals surface area contributed by atoms with Crippen LogP contribution in [-0.2, 0) is 4.79 Å². The van der Waals surface area contributed by atoms with E-state index < -0.39 is 23.1 Å². The minimum Gasteiger partial charge on any atom is -0.494 e. The van der Waals surface area contributed by atoms with Crippen LogP contribution in [-0.4, -0.2) is 53.1 Å². The molecule has 0 spiro atoms. The fraction of sp³-hybridized carbons (Fsp3) is 0.345. The third-order valence-corrected chi connectivity index (χ3v) is 7.83. The van der Waals surface area contributed by atoms with Gasteiger partial charge in [0, 0.05) is 45.8 Å². The monoisotopic (exact) mass is 586 g/mol. The molecule has 0 aliphatic carbocycles. The van der Waals surface area contributed by atoms with E-state index in [0.29, 0.717) is 47.0 Å². The summed E-state index contributed by atoms with van der Waals surface area (Å²) in [4.78, 5) is 24.4. The summed E-state index contributed by atoms with van der Waals surface area (Å²) in [6.07, 6.45) is 2.01. The highest BCUT2D eigenvalue weighted by Gasteiger charge is 2.38. The molecule has 7 nitrogen and oxygen atoms in total. The van der Waals surface area contributed by atoms with Crippen LogP contribution in [0.4, 0.5) is 13.9 Å². The van der Waals surface area contributed by atoms with Crippen LogP contribution in [0.3, 0.4) is 0 Å². The Hall–Kier alpha value is -3.50. The van der Waals surface area contributed by atoms with Crippen LogP contribution in [0.2, 0.25) is 5.02 Å². The number of rotatable bonds is 7. The second kappa shape index (κ2) is 11.2. The summed E-state index contributed by atoms with van der Waals surface area (Å²) in [6.45, 7) is 6.83. The molecule has 0 bridgehead atoms. The van der Waals surface area contributed by atoms with Gasteiger partial charge < -0.3 is 19.7 Å². The van der Waals surface area contributed by atoms with E-state index in [9.17, 15) is 13.6 Å². The summed E-state index contributed by atoms with van der Waals surface area (Å²) < 4.78 is 39.3. The van der Waals surface area contributed by atoms with Crippen molar-refractivity contribution < 1.29 is 23.0 Å². The summed E-state index contributed by atoms with van der Waals surface area (Å²) in [5.74, 6) is -0.370. The Balaban J connectivity index is 1.30. The number of nitrogens with one attached hydrogen (secondary N) is 1. The van der Waals surface area contributed by atoms with E-state index in [1.807, 2.05) is 26.8 Å². The maximum Gasteiger partial charge on any atom is 0.245 e. The maximum absolute atomic E-state index is 14.3. The Bertz CT molecular complexity index is 1560. The molecule has 0 radical (unpaired) electrons. The first-order valence-electron chi connectivity index (χ1n) is 12.8. The Morgan fingerprint density at radius 3 is 2.73 bits per heavy atom. The highest BCUT2D eigenvalue weighted by atomic mass is 35.5. The lowest BCUT2D eigenvalue weighted by Gasteiger charge is -2.33. The van der Waals surface area contributed by atoms with Gasteiger partial charge in [0.25, 0.3) is 0 Å². The van der Waals surface area contributed by atoms with Crippen molar-refractivity contribution in [2.24, 2.45) is 5.41 Å². The van der Waals surface area contributed by atoms with Gasteiger partial charge >= 0.3 is 0 Å². The van der Waals surface area contributed by atoms with Crippen molar-refractivity contribution in [1.29, 1.82) is 0 Å². The number of methoxy groups -OCH3 is 1. The molecule has 2 atom stereocenters. The van der Waals surface area contributed by atoms with Gasteiger partial charge in [-0.1, -0.05) is 32.4 Å². The Labute approximate surface area is 240 Å². The van der Waals surface area contributed by atoms with E-state index in [-0.39, 0.29) is 17.6 Å². The Kier molecular flexibility index (Phi) is 7.83. The van der Waals surface area contributed by atoms with Crippen LogP contribution < -0.4 is 14.8 Å². The lowest BCUT2D eigenvalue weighted by molar-refractivity contribution is -0.133. The molecule has 3 heterocycles. The molecule has 1 aliphatic heterocycles. The number of carbonyl (C=O) groups excluding carboxylic acids is 1. The zero-order valence-corrected chi connectivity index (χ0v) is 24.1. The molecule has 5 rings (SSSR count). The number of aromatic nitrogens is 2. The number of hydrogen-bond donors (Lipinski definition) is 1. The van der Waals surface area contributed by atoms with E-state index in [0.717, 1.165) is 16.8 Å². The van der Waals surface area contributed by atoms with E-state index in [1.165, 1.54) is 23.5 Å². The minimum absolute atomic E-state index is 0.0843. The summed E-state index contributed by atoms with van der Waals surface area (Å²) in [5.41, 5.74) is 0.122. The van der Waals surface area contributed by atoms with Crippen molar-refractivity contribution in [3.63, 3.8) is 0 Å². The van der Waals surface area contributed by atoms with Crippen molar-refractivity contribution in [2.45, 2.75) is 39.3 Å². The van der Waals surface area contributed by atoms with Gasteiger partial charge in [0.15, 0.2) is 5.13 Å². The highest BCUT2D eigenvalue weighted by molar-refractivity contribution is 7.14. The van der Waals surface area contributed by atoms with Crippen LogP contribution in [0, 0.1) is 17.0 Å². The molecule has 2 aromatic carbocycles. The summed E-state index contributed by atoms with van der Waals surface area (Å²) in [7, 11) is 1.58. The minimum atomic E-state index is -0.690. The SMILES string of the molecule is COc1cnc(O[C@@H]2CCN(C(=O)[C@@H](Nc3nc(-c4ccc(F)cc4F)cs3)C(C)(C)C)C2)c2cc(Cl)ccc12. The fourth-order valence-electron chi connectivity index (χ4n) is 4.72. The number of likely N-dealkylation sites (tertiary alicyclic amines) is 1. The molecule has 0 unspecified atom stereocenters. The molecule has 1 N–H and O–H groups in total. The highest BCUT2D eigenvalue weighted by Crippen LogP contribution is 2.35. The lowest BCUT2D eigenvalue weighted by atomic mass is 9.86. The second-order valence-electron chi connectivity index (χ2n) is 10.7. The topological polar surface area (TPSA) is 76.6 Å². The number of halogens is 3. The normalized spacial score (nSPS) is 16.3. The first kappa shape index (κ1) is 28.0. The first-order valence-corrected chi connectivity index (χ1v) is 14.0. The zero-order chi connectivity index (χ0) is 28.6. The quantitative estimate of drug-likeness (QED) is 0.256. The lowest BCUT2D eigenvalue weighted by Crippen LogP contribution is -2.49. The third kappa shape index (κ3) is 5.83. The van der Waals surface area contributed by atoms with Gasteiger partial charge in [-0.2, -0.15) is 0 Å². The summed E-state index contributed by atoms with van der Waals surface area (Å²) >= 11 is 7.50. The van der Waals surface area contributed by atoms with Crippen LogP contribution in [0.15, 0.2) is 48.0 Å². The fourth-order valence-corrected chi connectivity index (χ4v) is 5.63. The third-order valence-electron chi connectivity index (χ3n) is 6.82. The molecule has 1 fully saturated rings. The number of pyridine rings is 1. The Morgan fingerprint density at radius 1 is 1.20 bits per heavy atom. The van der Waals surface area contributed by atoms with Gasteiger partial charge in [0.2, 0.25) is 11.8 Å². The van der Waals surface area contributed by atoms with Crippen molar-refractivity contribution in [1.82, 2.24) is 14.9 Å². The van der Waals surface area contributed by atoms with Gasteiger partial charge in [-0.25, -0.2) is 18.7 Å². The van der Waals surface area contributed by atoms with Crippen LogP contribution >= 0.6 is 22.9 Å². The molecular weight excluding hydrogens is 558 g/mol. The van der Waals surface area contributed by atoms with Crippen molar-refractivity contribution in [2.75, 3.05) is 25.5 Å². The Morgan fingerprint density at radius 2 is 2.00 bits per heavy atom. The molecular formula is C29H29ClF2N4O3S. The molecule has 2 aromatic heterocycles. The largest absolute Gasteiger partial charge is 0.494 e. The number of hydrogen-bond acceptors (Lipinski definition) is 7. The van der Waals surface area contributed by atoms with Gasteiger partial charge in [0.1, 0.15) is 29.5 Å². The molecule has 1 saturated heterocycles. The molecule has 1 aliphatic rings. The number of thiazole rings is 1. The molecule has 1 amide bonds. The van der Waals surface area contributed by atoms with Crippen LogP contribution in [0.25, 0.3) is 22.0 Å². The number of nitrogens with zero attached hydrogens (tertiary/aromatic N) is 3. The maximum atomic E-state index is 14.3. The molecule has 0 saturated carbocycles. The van der Waals surface area contributed by atoms with Crippen molar-refractivity contribution in [3.05, 3.63) is 64.6 Å². The van der Waals surface area contributed by atoms with Crippen molar-refractivity contribution in [3.8, 4) is 22.9 Å². The predicted molar refractivity (Wildman–Crippen MR) is 153 cm³/mol. The van der Waals surface area contributed by atoms with Gasteiger partial charge in [-0.15, -0.1) is 11.3 Å². The summed E-state index contributed by atoms with van der Waals surface area (Å²) in [5, 5.41) is 7.55. The van der Waals surface area contributed by atoms with E-state index in [1.54, 1.807) is 35.7 Å². The zero-order valence-electron chi connectivity index (χ0n) is 22.5. The predicted octanol–water partition coefficient (Wildman–Crippen LogP) is 6.81. The number of amides is 1. The van der Waals surface area contributed by atoms with E-state index in [4.69, 9.17) is 21.1 Å². The number of carbonyl (C=O) groups is 1. The first-order chi connectivity index (χ1) is 19.0. The van der Waals surface area contributed by atoms with E-state index >= 15 is 0 Å². The molecule has 11 heteroatoms. The number of ether oxygens (including phenoxy) is 2. The second-order valence-corrected chi connectivity index (χ2v) is 12.0. The van der Waals surface area contributed by atoms with Crippen molar-refractivity contribution >= 4 is 44.7 Å². The standard InChI is InChI=1S/C29H29ClF2N4O3S/c1-29(2,3)25(35-28-34-23(15-40-28)20-8-6-17(31)12-22(20)32)27(37)36-10-9-18(14-36)39-26-21-11-16(30)5-7-19(21)24(38-4)13-33-26/h5-8,11-13,15,18,25H,9-10,14H2,1-4H3,(H,34,35)/t18-,25-/m1/s1. The van der Waals surface area contributed by atoms with Gasteiger partial charge in [-0.3, -0.25) is 4.79 Å².